The minimum Gasteiger partial charge on any atom is -0.378 e. The average Bonchev–Trinajstić information content (AvgIpc) is 1.88. The number of ether oxygens (including phenoxy) is 1. The molecule has 0 radical (unpaired) electrons. The molecule has 10 heavy (non-hydrogen) atoms. The second-order valence-electron chi connectivity index (χ2n) is 2.95. The maximum Gasteiger partial charge on any atom is 0.0585 e. The Hall–Kier alpha value is 0.440. The van der Waals surface area contributed by atoms with E-state index in [-0.39, 0.29) is 0 Å². The number of hydrogen-bond donors (Lipinski definition) is 0. The van der Waals surface area contributed by atoms with Crippen LogP contribution in [0.4, 0.5) is 0 Å². The fraction of sp³-hybridized carbons (Fsp3) is 1.00. The highest BCUT2D eigenvalue weighted by Gasteiger charge is 2.27. The predicted octanol–water partition coefficient (Wildman–Crippen LogP) is 2.58. The monoisotopic (exact) mass is 206 g/mol. The SMILES string of the molecule is CC[C@H]1[C@H](C)OCC[C@@H]1Br. The Morgan fingerprint density at radius 3 is 2.70 bits per heavy atom. The Balaban J connectivity index is 2.45. The molecule has 0 bridgehead atoms. The van der Waals surface area contributed by atoms with Gasteiger partial charge in [-0.3, -0.25) is 0 Å². The van der Waals surface area contributed by atoms with Gasteiger partial charge < -0.3 is 4.74 Å². The van der Waals surface area contributed by atoms with Gasteiger partial charge in [0.25, 0.3) is 0 Å². The van der Waals surface area contributed by atoms with Gasteiger partial charge in [0.2, 0.25) is 0 Å². The molecule has 0 N–H and O–H groups in total. The van der Waals surface area contributed by atoms with E-state index in [2.05, 4.69) is 29.8 Å². The van der Waals surface area contributed by atoms with E-state index >= 15 is 0 Å². The average molecular weight is 207 g/mol. The molecule has 2 heteroatoms. The molecule has 0 saturated carbocycles. The summed E-state index contributed by atoms with van der Waals surface area (Å²) >= 11 is 3.68. The first-order valence-electron chi connectivity index (χ1n) is 4.01. The number of hydrogen-bond acceptors (Lipinski definition) is 1. The highest BCUT2D eigenvalue weighted by Crippen LogP contribution is 2.29. The summed E-state index contributed by atoms with van der Waals surface area (Å²) in [7, 11) is 0. The Labute approximate surface area is 71.3 Å². The van der Waals surface area contributed by atoms with E-state index in [0.717, 1.165) is 6.61 Å². The largest absolute Gasteiger partial charge is 0.378 e. The molecule has 0 aromatic heterocycles. The van der Waals surface area contributed by atoms with Crippen molar-refractivity contribution in [1.29, 1.82) is 0 Å². The molecule has 0 amide bonds. The third-order valence-electron chi connectivity index (χ3n) is 2.31. The highest BCUT2D eigenvalue weighted by molar-refractivity contribution is 9.09. The molecule has 0 unspecified atom stereocenters. The Kier molecular flexibility index (Phi) is 3.18. The van der Waals surface area contributed by atoms with Crippen molar-refractivity contribution in [3.05, 3.63) is 0 Å². The quantitative estimate of drug-likeness (QED) is 0.600. The predicted molar refractivity (Wildman–Crippen MR) is 46.5 cm³/mol. The van der Waals surface area contributed by atoms with Crippen LogP contribution in [0.1, 0.15) is 26.7 Å². The first kappa shape index (κ1) is 8.54. The van der Waals surface area contributed by atoms with Gasteiger partial charge in [-0.05, 0) is 25.7 Å². The molecule has 3 atom stereocenters. The molecule has 0 aromatic carbocycles. The summed E-state index contributed by atoms with van der Waals surface area (Å²) in [6, 6.07) is 0. The van der Waals surface area contributed by atoms with E-state index in [0.29, 0.717) is 16.8 Å². The van der Waals surface area contributed by atoms with Crippen LogP contribution in [-0.2, 0) is 4.74 Å². The Morgan fingerprint density at radius 1 is 1.60 bits per heavy atom. The summed E-state index contributed by atoms with van der Waals surface area (Å²) in [6.45, 7) is 5.32. The maximum absolute atomic E-state index is 5.52. The van der Waals surface area contributed by atoms with Crippen LogP contribution in [-0.4, -0.2) is 17.5 Å². The summed E-state index contributed by atoms with van der Waals surface area (Å²) < 4.78 is 5.52. The van der Waals surface area contributed by atoms with Crippen LogP contribution in [0, 0.1) is 5.92 Å². The van der Waals surface area contributed by atoms with Gasteiger partial charge in [0.1, 0.15) is 0 Å². The van der Waals surface area contributed by atoms with E-state index in [1.165, 1.54) is 12.8 Å². The molecule has 1 fully saturated rings. The second-order valence-corrected chi connectivity index (χ2v) is 4.13. The van der Waals surface area contributed by atoms with Gasteiger partial charge in [-0.15, -0.1) is 0 Å². The first-order chi connectivity index (χ1) is 4.75. The lowest BCUT2D eigenvalue weighted by Crippen LogP contribution is -2.34. The van der Waals surface area contributed by atoms with Crippen LogP contribution in [0.5, 0.6) is 0 Å². The second kappa shape index (κ2) is 3.72. The molecule has 0 aromatic rings. The molecule has 60 valence electrons. The van der Waals surface area contributed by atoms with Crippen molar-refractivity contribution in [2.75, 3.05) is 6.61 Å². The van der Waals surface area contributed by atoms with Gasteiger partial charge >= 0.3 is 0 Å². The Morgan fingerprint density at radius 2 is 2.30 bits per heavy atom. The van der Waals surface area contributed by atoms with Crippen LogP contribution < -0.4 is 0 Å². The van der Waals surface area contributed by atoms with Crippen molar-refractivity contribution in [3.8, 4) is 0 Å². The lowest BCUT2D eigenvalue weighted by molar-refractivity contribution is -0.0104. The van der Waals surface area contributed by atoms with E-state index in [4.69, 9.17) is 4.74 Å². The molecule has 0 spiro atoms. The van der Waals surface area contributed by atoms with Gasteiger partial charge in [-0.1, -0.05) is 22.9 Å². The fourth-order valence-corrected chi connectivity index (χ4v) is 2.58. The molecule has 1 saturated heterocycles. The molecule has 1 aliphatic heterocycles. The minimum absolute atomic E-state index is 0.447. The molecule has 1 nitrogen and oxygen atoms in total. The van der Waals surface area contributed by atoms with Crippen LogP contribution >= 0.6 is 15.9 Å². The van der Waals surface area contributed by atoms with E-state index in [1.807, 2.05) is 0 Å². The summed E-state index contributed by atoms with van der Waals surface area (Å²) in [5.74, 6) is 0.716. The zero-order chi connectivity index (χ0) is 7.56. The van der Waals surface area contributed by atoms with Crippen LogP contribution in [0.2, 0.25) is 0 Å². The van der Waals surface area contributed by atoms with Crippen LogP contribution in [0.15, 0.2) is 0 Å². The summed E-state index contributed by atoms with van der Waals surface area (Å²) in [5.41, 5.74) is 0. The highest BCUT2D eigenvalue weighted by atomic mass is 79.9. The molecular weight excluding hydrogens is 192 g/mol. The lowest BCUT2D eigenvalue weighted by atomic mass is 9.93. The van der Waals surface area contributed by atoms with E-state index < -0.39 is 0 Å². The third kappa shape index (κ3) is 1.73. The normalized spacial score (nSPS) is 41.7. The van der Waals surface area contributed by atoms with Gasteiger partial charge in [-0.25, -0.2) is 0 Å². The first-order valence-corrected chi connectivity index (χ1v) is 4.93. The molecule has 0 aliphatic carbocycles. The van der Waals surface area contributed by atoms with Crippen molar-refractivity contribution >= 4 is 15.9 Å². The smallest absolute Gasteiger partial charge is 0.0585 e. The molecule has 1 aliphatic rings. The van der Waals surface area contributed by atoms with E-state index in [9.17, 15) is 0 Å². The topological polar surface area (TPSA) is 9.23 Å². The zero-order valence-electron chi connectivity index (χ0n) is 6.64. The number of alkyl halides is 1. The minimum atomic E-state index is 0.447. The third-order valence-corrected chi connectivity index (χ3v) is 3.45. The molecule has 1 heterocycles. The van der Waals surface area contributed by atoms with Gasteiger partial charge in [0.05, 0.1) is 6.10 Å². The fourth-order valence-electron chi connectivity index (χ4n) is 1.59. The van der Waals surface area contributed by atoms with Crippen LogP contribution in [0.3, 0.4) is 0 Å². The Bertz CT molecular complexity index is 95.4. The lowest BCUT2D eigenvalue weighted by Gasteiger charge is -2.32. The summed E-state index contributed by atoms with van der Waals surface area (Å²) in [5, 5.41) is 0. The standard InChI is InChI=1S/C8H15BrO/c1-3-7-6(2)10-5-4-8(7)9/h6-8H,3-5H2,1-2H3/t6-,7-,8-/m0/s1. The van der Waals surface area contributed by atoms with Gasteiger partial charge in [0, 0.05) is 11.4 Å². The van der Waals surface area contributed by atoms with Crippen molar-refractivity contribution in [2.45, 2.75) is 37.6 Å². The zero-order valence-corrected chi connectivity index (χ0v) is 8.23. The maximum atomic E-state index is 5.52. The van der Waals surface area contributed by atoms with Gasteiger partial charge in [0.15, 0.2) is 0 Å². The number of rotatable bonds is 1. The van der Waals surface area contributed by atoms with Crippen molar-refractivity contribution in [1.82, 2.24) is 0 Å². The summed E-state index contributed by atoms with van der Waals surface area (Å²) in [4.78, 5) is 0.682. The van der Waals surface area contributed by atoms with Crippen molar-refractivity contribution in [3.63, 3.8) is 0 Å². The molecule has 1 rings (SSSR count). The number of halogens is 1. The van der Waals surface area contributed by atoms with Crippen molar-refractivity contribution in [2.24, 2.45) is 5.92 Å². The molecular formula is C8H15BrO. The van der Waals surface area contributed by atoms with E-state index in [1.54, 1.807) is 0 Å². The van der Waals surface area contributed by atoms with Crippen molar-refractivity contribution < 1.29 is 4.74 Å². The van der Waals surface area contributed by atoms with Crippen LogP contribution in [0.25, 0.3) is 0 Å². The summed E-state index contributed by atoms with van der Waals surface area (Å²) in [6.07, 6.45) is 2.84. The van der Waals surface area contributed by atoms with Gasteiger partial charge in [-0.2, -0.15) is 0 Å².